The van der Waals surface area contributed by atoms with E-state index in [1.54, 1.807) is 6.92 Å². The molecule has 5 nitrogen and oxygen atoms in total. The molecule has 1 aromatic rings. The molecule has 0 aliphatic carbocycles. The molecule has 0 bridgehead atoms. The second-order valence-electron chi connectivity index (χ2n) is 4.56. The lowest BCUT2D eigenvalue weighted by atomic mass is 10.0. The van der Waals surface area contributed by atoms with E-state index in [4.69, 9.17) is 16.7 Å². The van der Waals surface area contributed by atoms with Crippen molar-refractivity contribution in [3.8, 4) is 0 Å². The minimum atomic E-state index is -3.63. The zero-order chi connectivity index (χ0) is 14.2. The van der Waals surface area contributed by atoms with Gasteiger partial charge in [0.05, 0.1) is 10.3 Å². The Kier molecular flexibility index (Phi) is 4.20. The smallest absolute Gasteiger partial charge is 0.307 e. The molecule has 1 aromatic heterocycles. The van der Waals surface area contributed by atoms with Crippen molar-refractivity contribution in [1.29, 1.82) is 0 Å². The Bertz CT molecular complexity index is 576. The molecular formula is C11H14ClNO4S2. The lowest BCUT2D eigenvalue weighted by molar-refractivity contribution is -0.142. The predicted octanol–water partition coefficient (Wildman–Crippen LogP) is 2.20. The number of aliphatic carboxylic acids is 1. The van der Waals surface area contributed by atoms with Crippen molar-refractivity contribution in [2.24, 2.45) is 5.92 Å². The molecule has 19 heavy (non-hydrogen) atoms. The first-order chi connectivity index (χ1) is 8.82. The largest absolute Gasteiger partial charge is 0.481 e. The number of hydrogen-bond acceptors (Lipinski definition) is 4. The summed E-state index contributed by atoms with van der Waals surface area (Å²) in [6.07, 6.45) is 1.08. The third-order valence-corrected chi connectivity index (χ3v) is 7.03. The van der Waals surface area contributed by atoms with Crippen molar-refractivity contribution in [3.63, 3.8) is 0 Å². The summed E-state index contributed by atoms with van der Waals surface area (Å²) in [4.78, 5) is 11.0. The van der Waals surface area contributed by atoms with Crippen LogP contribution in [-0.4, -0.2) is 36.9 Å². The average molecular weight is 324 g/mol. The number of thiophene rings is 1. The number of carbonyl (C=O) groups is 1. The summed E-state index contributed by atoms with van der Waals surface area (Å²) in [7, 11) is -3.63. The Labute approximate surface area is 120 Å². The second-order valence-corrected chi connectivity index (χ2v) is 8.38. The van der Waals surface area contributed by atoms with Crippen LogP contribution in [0.5, 0.6) is 0 Å². The second kappa shape index (κ2) is 5.40. The van der Waals surface area contributed by atoms with Gasteiger partial charge in [0.25, 0.3) is 10.0 Å². The molecule has 2 heterocycles. The Hall–Kier alpha value is -0.630. The highest BCUT2D eigenvalue weighted by molar-refractivity contribution is 7.91. The van der Waals surface area contributed by atoms with Gasteiger partial charge in [0, 0.05) is 13.1 Å². The maximum Gasteiger partial charge on any atom is 0.307 e. The third kappa shape index (κ3) is 2.94. The molecule has 1 aliphatic heterocycles. The average Bonchev–Trinajstić information content (AvgIpc) is 2.70. The molecule has 0 saturated carbocycles. The Morgan fingerprint density at radius 3 is 2.79 bits per heavy atom. The fraction of sp³-hybridized carbons (Fsp3) is 0.545. The van der Waals surface area contributed by atoms with E-state index in [-0.39, 0.29) is 10.8 Å². The lowest BCUT2D eigenvalue weighted by Crippen LogP contribution is -2.42. The van der Waals surface area contributed by atoms with Gasteiger partial charge in [-0.15, -0.1) is 11.3 Å². The van der Waals surface area contributed by atoms with Crippen molar-refractivity contribution >= 4 is 38.9 Å². The molecule has 1 atom stereocenters. The van der Waals surface area contributed by atoms with Crippen LogP contribution in [0, 0.1) is 12.8 Å². The molecular weight excluding hydrogens is 310 g/mol. The van der Waals surface area contributed by atoms with Crippen LogP contribution in [0.3, 0.4) is 0 Å². The molecule has 8 heteroatoms. The van der Waals surface area contributed by atoms with Crippen LogP contribution in [0.25, 0.3) is 0 Å². The molecule has 1 saturated heterocycles. The van der Waals surface area contributed by atoms with Crippen LogP contribution < -0.4 is 0 Å². The van der Waals surface area contributed by atoms with E-state index in [2.05, 4.69) is 0 Å². The summed E-state index contributed by atoms with van der Waals surface area (Å²) >= 11 is 6.91. The van der Waals surface area contributed by atoms with E-state index >= 15 is 0 Å². The Morgan fingerprint density at radius 1 is 1.58 bits per heavy atom. The molecule has 0 radical (unpaired) electrons. The number of aryl methyl sites for hydroxylation is 1. The SMILES string of the molecule is Cc1cc(S(=O)(=O)N2CCC[C@@H](C(=O)O)C2)sc1Cl. The summed E-state index contributed by atoms with van der Waals surface area (Å²) in [5.41, 5.74) is 0.719. The molecule has 0 aromatic carbocycles. The minimum Gasteiger partial charge on any atom is -0.481 e. The maximum absolute atomic E-state index is 12.4. The zero-order valence-corrected chi connectivity index (χ0v) is 12.7. The minimum absolute atomic E-state index is 0.0340. The molecule has 106 valence electrons. The Morgan fingerprint density at radius 2 is 2.26 bits per heavy atom. The molecule has 1 fully saturated rings. The van der Waals surface area contributed by atoms with Crippen LogP contribution in [0.15, 0.2) is 10.3 Å². The number of carboxylic acids is 1. The summed E-state index contributed by atoms with van der Waals surface area (Å²) in [6.45, 7) is 2.14. The summed E-state index contributed by atoms with van der Waals surface area (Å²) in [6, 6.07) is 1.53. The molecule has 0 spiro atoms. The number of piperidine rings is 1. The van der Waals surface area contributed by atoms with Crippen molar-refractivity contribution < 1.29 is 18.3 Å². The fourth-order valence-electron chi connectivity index (χ4n) is 2.05. The van der Waals surface area contributed by atoms with E-state index < -0.39 is 21.9 Å². The fourth-order valence-corrected chi connectivity index (χ4v) is 5.44. The van der Waals surface area contributed by atoms with Crippen molar-refractivity contribution in [2.45, 2.75) is 24.0 Å². The van der Waals surface area contributed by atoms with Crippen LogP contribution >= 0.6 is 22.9 Å². The molecule has 1 aliphatic rings. The van der Waals surface area contributed by atoms with Gasteiger partial charge >= 0.3 is 5.97 Å². The number of sulfonamides is 1. The molecule has 2 rings (SSSR count). The topological polar surface area (TPSA) is 74.7 Å². The first-order valence-corrected chi connectivity index (χ1v) is 8.44. The van der Waals surface area contributed by atoms with Crippen molar-refractivity contribution in [2.75, 3.05) is 13.1 Å². The monoisotopic (exact) mass is 323 g/mol. The lowest BCUT2D eigenvalue weighted by Gasteiger charge is -2.29. The van der Waals surface area contributed by atoms with Gasteiger partial charge in [-0.05, 0) is 31.4 Å². The summed E-state index contributed by atoms with van der Waals surface area (Å²) in [5, 5.41) is 9.00. The highest BCUT2D eigenvalue weighted by atomic mass is 35.5. The van der Waals surface area contributed by atoms with Gasteiger partial charge in [-0.3, -0.25) is 4.79 Å². The first-order valence-electron chi connectivity index (χ1n) is 5.81. The van der Waals surface area contributed by atoms with Crippen molar-refractivity contribution in [1.82, 2.24) is 4.31 Å². The van der Waals surface area contributed by atoms with E-state index in [9.17, 15) is 13.2 Å². The number of nitrogens with zero attached hydrogens (tertiary/aromatic N) is 1. The Balaban J connectivity index is 2.26. The highest BCUT2D eigenvalue weighted by Crippen LogP contribution is 2.33. The van der Waals surface area contributed by atoms with Crippen LogP contribution in [0.4, 0.5) is 0 Å². The standard InChI is InChI=1S/C11H14ClNO4S2/c1-7-5-9(18-10(7)12)19(16,17)13-4-2-3-8(6-13)11(14)15/h5,8H,2-4,6H2,1H3,(H,14,15)/t8-/m1/s1. The van der Waals surface area contributed by atoms with Crippen LogP contribution in [-0.2, 0) is 14.8 Å². The van der Waals surface area contributed by atoms with Gasteiger partial charge in [-0.25, -0.2) is 8.42 Å². The van der Waals surface area contributed by atoms with Gasteiger partial charge in [0.2, 0.25) is 0 Å². The zero-order valence-electron chi connectivity index (χ0n) is 10.3. The van der Waals surface area contributed by atoms with Gasteiger partial charge in [-0.2, -0.15) is 4.31 Å². The number of carboxylic acid groups (broad SMARTS) is 1. The molecule has 1 N–H and O–H groups in total. The number of hydrogen-bond donors (Lipinski definition) is 1. The summed E-state index contributed by atoms with van der Waals surface area (Å²) < 4.78 is 26.7. The van der Waals surface area contributed by atoms with Crippen LogP contribution in [0.1, 0.15) is 18.4 Å². The van der Waals surface area contributed by atoms with Crippen molar-refractivity contribution in [3.05, 3.63) is 16.0 Å². The van der Waals surface area contributed by atoms with Gasteiger partial charge < -0.3 is 5.11 Å². The van der Waals surface area contributed by atoms with E-state index in [1.807, 2.05) is 0 Å². The van der Waals surface area contributed by atoms with E-state index in [1.165, 1.54) is 10.4 Å². The molecule has 0 unspecified atom stereocenters. The predicted molar refractivity (Wildman–Crippen MR) is 73.2 cm³/mol. The maximum atomic E-state index is 12.4. The van der Waals surface area contributed by atoms with E-state index in [0.29, 0.717) is 23.7 Å². The first kappa shape index (κ1) is 14.8. The third-order valence-electron chi connectivity index (χ3n) is 3.16. The molecule has 0 amide bonds. The van der Waals surface area contributed by atoms with Gasteiger partial charge in [0.15, 0.2) is 0 Å². The van der Waals surface area contributed by atoms with Gasteiger partial charge in [0.1, 0.15) is 4.21 Å². The number of rotatable bonds is 3. The van der Waals surface area contributed by atoms with E-state index in [0.717, 1.165) is 16.9 Å². The van der Waals surface area contributed by atoms with Crippen LogP contribution in [0.2, 0.25) is 4.34 Å². The highest BCUT2D eigenvalue weighted by Gasteiger charge is 2.34. The quantitative estimate of drug-likeness (QED) is 0.925. The van der Waals surface area contributed by atoms with Gasteiger partial charge in [-0.1, -0.05) is 11.6 Å². The normalized spacial score (nSPS) is 21.5. The summed E-state index contributed by atoms with van der Waals surface area (Å²) in [5.74, 6) is -1.57. The number of halogens is 1.